The van der Waals surface area contributed by atoms with Gasteiger partial charge < -0.3 is 25.8 Å². The van der Waals surface area contributed by atoms with Crippen molar-refractivity contribution >= 4 is 35.1 Å². The van der Waals surface area contributed by atoms with Crippen LogP contribution < -0.4 is 15.5 Å². The SMILES string of the molecule is CN/C=C(\C=N)c1ccc(C2CCN(C(=O)c3ccc(C)c(NC(=O)c4ccc(N(C)C)nc4)c3)CC2)cc1. The Kier molecular flexibility index (Phi) is 8.76. The number of aromatic nitrogens is 1. The Balaban J connectivity index is 1.38. The van der Waals surface area contributed by atoms with Gasteiger partial charge in [0.05, 0.1) is 5.56 Å². The lowest BCUT2D eigenvalue weighted by molar-refractivity contribution is 0.0712. The number of hydrogen-bond acceptors (Lipinski definition) is 6. The molecule has 0 unspecified atom stereocenters. The summed E-state index contributed by atoms with van der Waals surface area (Å²) >= 11 is 0. The van der Waals surface area contributed by atoms with Crippen LogP contribution in [-0.2, 0) is 0 Å². The number of hydrogen-bond donors (Lipinski definition) is 3. The lowest BCUT2D eigenvalue weighted by atomic mass is 9.88. The maximum Gasteiger partial charge on any atom is 0.257 e. The molecule has 1 aliphatic heterocycles. The largest absolute Gasteiger partial charge is 0.393 e. The molecule has 4 rings (SSSR count). The molecule has 1 aliphatic rings. The molecule has 2 amide bonds. The maximum atomic E-state index is 13.3. The first-order valence-electron chi connectivity index (χ1n) is 13.1. The van der Waals surface area contributed by atoms with Crippen LogP contribution in [0.2, 0.25) is 0 Å². The maximum absolute atomic E-state index is 13.3. The number of carbonyl (C=O) groups is 2. The molecular weight excluding hydrogens is 488 g/mol. The Labute approximate surface area is 230 Å². The smallest absolute Gasteiger partial charge is 0.257 e. The minimum absolute atomic E-state index is 0.0240. The highest BCUT2D eigenvalue weighted by molar-refractivity contribution is 6.08. The number of allylic oxidation sites excluding steroid dienone is 1. The van der Waals surface area contributed by atoms with Crippen molar-refractivity contribution in [2.75, 3.05) is 44.4 Å². The molecule has 3 N–H and O–H groups in total. The van der Waals surface area contributed by atoms with Crippen molar-refractivity contribution in [2.45, 2.75) is 25.7 Å². The number of rotatable bonds is 8. The van der Waals surface area contributed by atoms with Crippen molar-refractivity contribution < 1.29 is 9.59 Å². The molecule has 202 valence electrons. The molecule has 8 heteroatoms. The van der Waals surface area contributed by atoms with E-state index in [-0.39, 0.29) is 11.8 Å². The second-order valence-corrected chi connectivity index (χ2v) is 10.0. The van der Waals surface area contributed by atoms with E-state index in [9.17, 15) is 9.59 Å². The van der Waals surface area contributed by atoms with Crippen LogP contribution in [0.15, 0.2) is 67.0 Å². The first-order valence-corrected chi connectivity index (χ1v) is 13.1. The van der Waals surface area contributed by atoms with Gasteiger partial charge in [-0.15, -0.1) is 0 Å². The Bertz CT molecular complexity index is 1350. The van der Waals surface area contributed by atoms with Gasteiger partial charge in [-0.2, -0.15) is 0 Å². The molecule has 0 atom stereocenters. The highest BCUT2D eigenvalue weighted by Gasteiger charge is 2.25. The quantitative estimate of drug-likeness (QED) is 0.363. The molecule has 0 bridgehead atoms. The van der Waals surface area contributed by atoms with Gasteiger partial charge in [-0.05, 0) is 66.6 Å². The molecule has 2 aromatic carbocycles. The number of piperidine rings is 1. The normalized spacial score (nSPS) is 14.1. The zero-order valence-electron chi connectivity index (χ0n) is 23.0. The van der Waals surface area contributed by atoms with Crippen molar-refractivity contribution in [3.05, 3.63) is 94.8 Å². The Morgan fingerprint density at radius 1 is 1.00 bits per heavy atom. The summed E-state index contributed by atoms with van der Waals surface area (Å²) in [4.78, 5) is 34.3. The highest BCUT2D eigenvalue weighted by atomic mass is 16.2. The van der Waals surface area contributed by atoms with Crippen molar-refractivity contribution in [3.8, 4) is 0 Å². The van der Waals surface area contributed by atoms with E-state index in [4.69, 9.17) is 5.41 Å². The zero-order valence-corrected chi connectivity index (χ0v) is 23.0. The van der Waals surface area contributed by atoms with Crippen molar-refractivity contribution in [1.29, 1.82) is 5.41 Å². The number of nitrogens with zero attached hydrogens (tertiary/aromatic N) is 3. The van der Waals surface area contributed by atoms with E-state index in [0.717, 1.165) is 35.4 Å². The third kappa shape index (κ3) is 6.52. The molecule has 1 fully saturated rings. The van der Waals surface area contributed by atoms with E-state index in [1.165, 1.54) is 11.8 Å². The van der Waals surface area contributed by atoms with E-state index in [2.05, 4.69) is 39.9 Å². The monoisotopic (exact) mass is 524 g/mol. The number of aryl methyl sites for hydroxylation is 1. The number of likely N-dealkylation sites (tertiary alicyclic amines) is 1. The summed E-state index contributed by atoms with van der Waals surface area (Å²) in [6, 6.07) is 17.4. The second kappa shape index (κ2) is 12.4. The minimum Gasteiger partial charge on any atom is -0.393 e. The van der Waals surface area contributed by atoms with Gasteiger partial charge in [0.15, 0.2) is 0 Å². The molecule has 3 aromatic rings. The minimum atomic E-state index is -0.262. The number of carbonyl (C=O) groups excluding carboxylic acids is 2. The molecule has 39 heavy (non-hydrogen) atoms. The van der Waals surface area contributed by atoms with Gasteiger partial charge >= 0.3 is 0 Å². The predicted octanol–water partition coefficient (Wildman–Crippen LogP) is 4.94. The molecule has 0 spiro atoms. The third-order valence-electron chi connectivity index (χ3n) is 7.15. The predicted molar refractivity (Wildman–Crippen MR) is 158 cm³/mol. The highest BCUT2D eigenvalue weighted by Crippen LogP contribution is 2.30. The fourth-order valence-electron chi connectivity index (χ4n) is 4.78. The van der Waals surface area contributed by atoms with E-state index in [1.54, 1.807) is 24.4 Å². The number of pyridine rings is 1. The number of amides is 2. The molecule has 0 radical (unpaired) electrons. The fourth-order valence-corrected chi connectivity index (χ4v) is 4.78. The summed E-state index contributed by atoms with van der Waals surface area (Å²) in [5.74, 6) is 0.876. The van der Waals surface area contributed by atoms with Gasteiger partial charge in [-0.3, -0.25) is 9.59 Å². The molecule has 1 aromatic heterocycles. The first-order chi connectivity index (χ1) is 18.8. The summed E-state index contributed by atoms with van der Waals surface area (Å²) in [5.41, 5.74) is 5.61. The van der Waals surface area contributed by atoms with Crippen molar-refractivity contribution in [1.82, 2.24) is 15.2 Å². The zero-order chi connectivity index (χ0) is 27.9. The average Bonchev–Trinajstić information content (AvgIpc) is 2.97. The van der Waals surface area contributed by atoms with Gasteiger partial charge in [-0.25, -0.2) is 4.98 Å². The molecule has 2 heterocycles. The third-order valence-corrected chi connectivity index (χ3v) is 7.15. The first kappa shape index (κ1) is 27.6. The molecule has 0 saturated carbocycles. The molecule has 1 saturated heterocycles. The van der Waals surface area contributed by atoms with E-state index < -0.39 is 0 Å². The lowest BCUT2D eigenvalue weighted by Gasteiger charge is -2.32. The van der Waals surface area contributed by atoms with Gasteiger partial charge in [0.25, 0.3) is 11.8 Å². The van der Waals surface area contributed by atoms with Gasteiger partial charge in [-0.1, -0.05) is 30.3 Å². The Hall–Kier alpha value is -4.46. The summed E-state index contributed by atoms with van der Waals surface area (Å²) < 4.78 is 0. The lowest BCUT2D eigenvalue weighted by Crippen LogP contribution is -2.38. The second-order valence-electron chi connectivity index (χ2n) is 10.0. The summed E-state index contributed by atoms with van der Waals surface area (Å²) in [5, 5.41) is 13.5. The summed E-state index contributed by atoms with van der Waals surface area (Å²) in [6.07, 6.45) is 6.49. The fraction of sp³-hybridized carbons (Fsp3) is 0.290. The van der Waals surface area contributed by atoms with Crippen LogP contribution in [0.1, 0.15) is 56.2 Å². The topological polar surface area (TPSA) is 101 Å². The van der Waals surface area contributed by atoms with Crippen LogP contribution in [0.3, 0.4) is 0 Å². The van der Waals surface area contributed by atoms with Crippen molar-refractivity contribution in [3.63, 3.8) is 0 Å². The van der Waals surface area contributed by atoms with Crippen LogP contribution in [0.5, 0.6) is 0 Å². The molecule has 0 aliphatic carbocycles. The average molecular weight is 525 g/mol. The summed E-state index contributed by atoms with van der Waals surface area (Å²) in [6.45, 7) is 3.26. The van der Waals surface area contributed by atoms with Gasteiger partial charge in [0.2, 0.25) is 0 Å². The molecular formula is C31H36N6O2. The summed E-state index contributed by atoms with van der Waals surface area (Å²) in [7, 11) is 5.61. The van der Waals surface area contributed by atoms with Crippen LogP contribution >= 0.6 is 0 Å². The van der Waals surface area contributed by atoms with Gasteiger partial charge in [0, 0.05) is 69.7 Å². The van der Waals surface area contributed by atoms with E-state index >= 15 is 0 Å². The van der Waals surface area contributed by atoms with Crippen LogP contribution in [0, 0.1) is 12.3 Å². The Morgan fingerprint density at radius 3 is 2.26 bits per heavy atom. The Morgan fingerprint density at radius 2 is 1.67 bits per heavy atom. The van der Waals surface area contributed by atoms with Gasteiger partial charge in [0.1, 0.15) is 5.82 Å². The van der Waals surface area contributed by atoms with Crippen LogP contribution in [0.25, 0.3) is 5.57 Å². The number of benzene rings is 2. The van der Waals surface area contributed by atoms with Crippen LogP contribution in [0.4, 0.5) is 11.5 Å². The van der Waals surface area contributed by atoms with E-state index in [1.807, 2.05) is 56.2 Å². The molecule has 8 nitrogen and oxygen atoms in total. The van der Waals surface area contributed by atoms with E-state index in [0.29, 0.717) is 35.8 Å². The standard InChI is InChI=1S/C31H36N6O2/c1-21-5-6-25(17-28(21)35-30(38)26-11-12-29(34-20-26)36(3)4)31(39)37-15-13-24(14-16-37)22-7-9-23(10-8-22)27(18-32)19-33-2/h5-12,17-20,24,32-33H,13-16H2,1-4H3,(H,35,38)/b27-19+,32-18?. The van der Waals surface area contributed by atoms with Crippen LogP contribution in [-0.4, -0.2) is 62.1 Å². The number of anilines is 2. The number of nitrogens with one attached hydrogen (secondary N) is 3. The van der Waals surface area contributed by atoms with Crippen molar-refractivity contribution in [2.24, 2.45) is 0 Å².